The molecular formula is C19H21F3N4O3S. The van der Waals surface area contributed by atoms with Gasteiger partial charge in [0, 0.05) is 18.8 Å². The molecule has 0 spiro atoms. The van der Waals surface area contributed by atoms with Crippen molar-refractivity contribution in [2.45, 2.75) is 25.0 Å². The molecule has 0 bridgehead atoms. The summed E-state index contributed by atoms with van der Waals surface area (Å²) in [5.41, 5.74) is 5.52. The zero-order chi connectivity index (χ0) is 21.9. The average Bonchev–Trinajstić information content (AvgIpc) is 3.18. The Morgan fingerprint density at radius 3 is 2.47 bits per heavy atom. The van der Waals surface area contributed by atoms with Crippen LogP contribution in [0.15, 0.2) is 48.5 Å². The molecule has 0 radical (unpaired) electrons. The number of anilines is 1. The molecule has 162 valence electrons. The van der Waals surface area contributed by atoms with Crippen molar-refractivity contribution >= 4 is 21.6 Å². The van der Waals surface area contributed by atoms with Crippen molar-refractivity contribution in [3.8, 4) is 0 Å². The molecule has 2 aromatic rings. The van der Waals surface area contributed by atoms with Crippen LogP contribution in [-0.4, -0.2) is 26.2 Å². The van der Waals surface area contributed by atoms with E-state index in [4.69, 9.17) is 0 Å². The van der Waals surface area contributed by atoms with E-state index < -0.39 is 39.0 Å². The van der Waals surface area contributed by atoms with E-state index in [9.17, 15) is 26.4 Å². The van der Waals surface area contributed by atoms with Crippen molar-refractivity contribution in [3.63, 3.8) is 0 Å². The van der Waals surface area contributed by atoms with Gasteiger partial charge in [0.05, 0.1) is 11.5 Å². The van der Waals surface area contributed by atoms with Gasteiger partial charge in [0.1, 0.15) is 0 Å². The van der Waals surface area contributed by atoms with Crippen molar-refractivity contribution < 1.29 is 26.4 Å². The number of rotatable bonds is 6. The number of alkyl halides is 3. The third-order valence-corrected chi connectivity index (χ3v) is 6.33. The number of aryl methyl sites for hydroxylation is 1. The minimum Gasteiger partial charge on any atom is -0.352 e. The number of carbonyl (C=O) groups is 1. The number of carbonyl (C=O) groups excluding carboxylic acids is 1. The maximum absolute atomic E-state index is 13.1. The van der Waals surface area contributed by atoms with Gasteiger partial charge in [-0.3, -0.25) is 14.9 Å². The number of halogens is 3. The lowest BCUT2D eigenvalue weighted by Gasteiger charge is -2.20. The Kier molecular flexibility index (Phi) is 6.34. The summed E-state index contributed by atoms with van der Waals surface area (Å²) in [6, 6.07) is 11.6. The van der Waals surface area contributed by atoms with Gasteiger partial charge in [-0.25, -0.2) is 13.8 Å². The highest BCUT2D eigenvalue weighted by Gasteiger charge is 2.42. The predicted molar refractivity (Wildman–Crippen MR) is 105 cm³/mol. The second-order valence-electron chi connectivity index (χ2n) is 6.94. The molecular weight excluding hydrogens is 421 g/mol. The van der Waals surface area contributed by atoms with Crippen LogP contribution >= 0.6 is 0 Å². The Labute approximate surface area is 172 Å². The largest absolute Gasteiger partial charge is 0.416 e. The first-order chi connectivity index (χ1) is 14.1. The molecule has 1 aliphatic rings. The van der Waals surface area contributed by atoms with Crippen LogP contribution in [0.4, 0.5) is 18.9 Å². The van der Waals surface area contributed by atoms with Crippen molar-refractivity contribution in [1.29, 1.82) is 0 Å². The number of benzene rings is 2. The number of hydrazine groups is 1. The molecule has 1 fully saturated rings. The molecule has 2 aromatic carbocycles. The van der Waals surface area contributed by atoms with E-state index in [1.165, 1.54) is 18.2 Å². The molecule has 11 heteroatoms. The maximum atomic E-state index is 13.1. The van der Waals surface area contributed by atoms with Gasteiger partial charge in [0.2, 0.25) is 5.91 Å². The summed E-state index contributed by atoms with van der Waals surface area (Å²) >= 11 is 0. The molecule has 1 heterocycles. The van der Waals surface area contributed by atoms with Crippen molar-refractivity contribution in [3.05, 3.63) is 65.2 Å². The molecule has 0 saturated carbocycles. The van der Waals surface area contributed by atoms with Gasteiger partial charge in [-0.05, 0) is 30.7 Å². The van der Waals surface area contributed by atoms with Crippen LogP contribution in [0.1, 0.15) is 16.7 Å². The summed E-state index contributed by atoms with van der Waals surface area (Å²) in [5.74, 6) is -1.71. The highest BCUT2D eigenvalue weighted by molar-refractivity contribution is 7.93. The maximum Gasteiger partial charge on any atom is 0.416 e. The monoisotopic (exact) mass is 442 g/mol. The Morgan fingerprint density at radius 2 is 1.80 bits per heavy atom. The minimum absolute atomic E-state index is 0.00618. The zero-order valence-electron chi connectivity index (χ0n) is 16.0. The highest BCUT2D eigenvalue weighted by Crippen LogP contribution is 2.31. The summed E-state index contributed by atoms with van der Waals surface area (Å²) in [6.07, 6.45) is -4.55. The molecule has 1 amide bonds. The van der Waals surface area contributed by atoms with Gasteiger partial charge in [-0.1, -0.05) is 35.9 Å². The summed E-state index contributed by atoms with van der Waals surface area (Å²) in [6.45, 7) is 1.49. The van der Waals surface area contributed by atoms with Gasteiger partial charge in [0.15, 0.2) is 5.37 Å². The van der Waals surface area contributed by atoms with E-state index >= 15 is 0 Å². The first-order valence-corrected chi connectivity index (χ1v) is 10.6. The van der Waals surface area contributed by atoms with E-state index in [2.05, 4.69) is 20.9 Å². The third kappa shape index (κ3) is 5.10. The van der Waals surface area contributed by atoms with Crippen LogP contribution in [0.3, 0.4) is 0 Å². The van der Waals surface area contributed by atoms with Gasteiger partial charge in [0.25, 0.3) is 10.0 Å². The number of hydrogen-bond donors (Lipinski definition) is 4. The highest BCUT2D eigenvalue weighted by atomic mass is 32.2. The molecule has 1 saturated heterocycles. The fraction of sp³-hybridized carbons (Fsp3) is 0.316. The van der Waals surface area contributed by atoms with Gasteiger partial charge in [-0.15, -0.1) is 0 Å². The Hall–Kier alpha value is -2.63. The van der Waals surface area contributed by atoms with Crippen LogP contribution in [-0.2, 0) is 27.5 Å². The summed E-state index contributed by atoms with van der Waals surface area (Å²) < 4.78 is 67.2. The first kappa shape index (κ1) is 22.1. The summed E-state index contributed by atoms with van der Waals surface area (Å²) in [7, 11) is -4.00. The minimum atomic E-state index is -4.55. The van der Waals surface area contributed by atoms with E-state index in [-0.39, 0.29) is 18.7 Å². The topological polar surface area (TPSA) is 99.3 Å². The number of nitrogens with one attached hydrogen (secondary N) is 4. The van der Waals surface area contributed by atoms with Crippen molar-refractivity contribution in [2.75, 3.05) is 11.3 Å². The van der Waals surface area contributed by atoms with Crippen molar-refractivity contribution in [2.24, 2.45) is 5.92 Å². The molecule has 2 atom stereocenters. The number of sulfonamides is 1. The second kappa shape index (κ2) is 8.62. The first-order valence-electron chi connectivity index (χ1n) is 9.07. The Balaban J connectivity index is 1.69. The molecule has 3 rings (SSSR count). The van der Waals surface area contributed by atoms with E-state index in [1.54, 1.807) is 24.3 Å². The number of amides is 1. The van der Waals surface area contributed by atoms with Gasteiger partial charge < -0.3 is 5.32 Å². The van der Waals surface area contributed by atoms with Crippen LogP contribution < -0.4 is 20.9 Å². The van der Waals surface area contributed by atoms with Crippen LogP contribution in [0.25, 0.3) is 0 Å². The zero-order valence-corrected chi connectivity index (χ0v) is 16.8. The van der Waals surface area contributed by atoms with Gasteiger partial charge in [-0.2, -0.15) is 13.2 Å². The Morgan fingerprint density at radius 1 is 1.13 bits per heavy atom. The predicted octanol–water partition coefficient (Wildman–Crippen LogP) is 2.12. The lowest BCUT2D eigenvalue weighted by atomic mass is 10.1. The molecule has 0 aliphatic carbocycles. The molecule has 1 aliphatic heterocycles. The van der Waals surface area contributed by atoms with Gasteiger partial charge >= 0.3 is 6.18 Å². The summed E-state index contributed by atoms with van der Waals surface area (Å²) in [5, 5.41) is 1.12. The van der Waals surface area contributed by atoms with E-state index in [0.29, 0.717) is 5.69 Å². The smallest absolute Gasteiger partial charge is 0.352 e. The molecule has 2 unspecified atom stereocenters. The molecule has 0 aromatic heterocycles. The van der Waals surface area contributed by atoms with E-state index in [0.717, 1.165) is 11.6 Å². The van der Waals surface area contributed by atoms with Crippen LogP contribution in [0, 0.1) is 12.8 Å². The quantitative estimate of drug-likeness (QED) is 0.549. The third-order valence-electron chi connectivity index (χ3n) is 4.69. The standard InChI is InChI=1S/C19H21F3N4O3S/c1-12-6-8-14(9-7-12)26-30(28,29)18-15(11-24-25-18)17(27)23-10-13-4-2-3-5-16(13)19(20,21)22/h2-9,15,18,24-26H,10-11H2,1H3,(H,23,27). The number of hydrogen-bond acceptors (Lipinski definition) is 5. The summed E-state index contributed by atoms with van der Waals surface area (Å²) in [4.78, 5) is 12.6. The normalized spacial score (nSPS) is 19.5. The van der Waals surface area contributed by atoms with Crippen LogP contribution in [0.5, 0.6) is 0 Å². The molecule has 7 nitrogen and oxygen atoms in total. The second-order valence-corrected chi connectivity index (χ2v) is 8.74. The fourth-order valence-corrected chi connectivity index (χ4v) is 4.60. The SMILES string of the molecule is Cc1ccc(NS(=O)(=O)C2NNCC2C(=O)NCc2ccccc2C(F)(F)F)cc1. The lowest BCUT2D eigenvalue weighted by Crippen LogP contribution is -2.46. The van der Waals surface area contributed by atoms with Crippen LogP contribution in [0.2, 0.25) is 0 Å². The Bertz CT molecular complexity index is 1010. The lowest BCUT2D eigenvalue weighted by molar-refractivity contribution is -0.138. The fourth-order valence-electron chi connectivity index (χ4n) is 3.11. The average molecular weight is 442 g/mol. The molecule has 4 N–H and O–H groups in total. The van der Waals surface area contributed by atoms with E-state index in [1.807, 2.05) is 6.92 Å². The molecule has 30 heavy (non-hydrogen) atoms. The van der Waals surface area contributed by atoms with Crippen molar-refractivity contribution in [1.82, 2.24) is 16.2 Å².